The summed E-state index contributed by atoms with van der Waals surface area (Å²) >= 11 is 0. The number of rotatable bonds is 6. The maximum atomic E-state index is 5.33. The lowest BCUT2D eigenvalue weighted by molar-refractivity contribution is 0.147. The van der Waals surface area contributed by atoms with Crippen LogP contribution in [0.3, 0.4) is 0 Å². The largest absolute Gasteiger partial charge is 0.380 e. The monoisotopic (exact) mass is 243 g/mol. The molecule has 0 fully saturated rings. The zero-order chi connectivity index (χ0) is 12.8. The molecule has 0 amide bonds. The van der Waals surface area contributed by atoms with Crippen LogP contribution in [0.15, 0.2) is 42.5 Å². The van der Waals surface area contributed by atoms with Gasteiger partial charge in [-0.1, -0.05) is 36.4 Å². The van der Waals surface area contributed by atoms with Crippen molar-refractivity contribution in [2.75, 3.05) is 19.8 Å². The van der Waals surface area contributed by atoms with Gasteiger partial charge in [0.25, 0.3) is 0 Å². The Labute approximate surface area is 109 Å². The van der Waals surface area contributed by atoms with E-state index in [1.807, 2.05) is 6.92 Å². The van der Waals surface area contributed by atoms with Crippen molar-refractivity contribution < 1.29 is 4.74 Å². The van der Waals surface area contributed by atoms with Gasteiger partial charge < -0.3 is 10.1 Å². The topological polar surface area (TPSA) is 21.3 Å². The molecule has 1 N–H and O–H groups in total. The summed E-state index contributed by atoms with van der Waals surface area (Å²) in [5.41, 5.74) is 1.32. The first kappa shape index (κ1) is 13.1. The molecule has 1 atom stereocenters. The quantitative estimate of drug-likeness (QED) is 0.784. The third-order valence-corrected chi connectivity index (χ3v) is 3.17. The fourth-order valence-corrected chi connectivity index (χ4v) is 2.09. The van der Waals surface area contributed by atoms with Gasteiger partial charge in [0.15, 0.2) is 0 Å². The van der Waals surface area contributed by atoms with Crippen molar-refractivity contribution in [1.82, 2.24) is 5.32 Å². The van der Waals surface area contributed by atoms with Gasteiger partial charge in [-0.15, -0.1) is 0 Å². The molecule has 0 spiro atoms. The molecule has 2 aromatic rings. The van der Waals surface area contributed by atoms with E-state index in [2.05, 4.69) is 54.7 Å². The lowest BCUT2D eigenvalue weighted by atomic mass is 10.0. The predicted octanol–water partition coefficient (Wildman–Crippen LogP) is 3.53. The van der Waals surface area contributed by atoms with Crippen LogP contribution in [0, 0.1) is 0 Å². The smallest absolute Gasteiger partial charge is 0.0590 e. The molecule has 2 nitrogen and oxygen atoms in total. The molecule has 2 aromatic carbocycles. The van der Waals surface area contributed by atoms with Crippen LogP contribution >= 0.6 is 0 Å². The van der Waals surface area contributed by atoms with E-state index in [0.717, 1.165) is 19.8 Å². The van der Waals surface area contributed by atoms with E-state index in [-0.39, 0.29) is 0 Å². The van der Waals surface area contributed by atoms with Crippen molar-refractivity contribution in [1.29, 1.82) is 0 Å². The molecule has 0 saturated carbocycles. The van der Waals surface area contributed by atoms with Crippen LogP contribution in [0.1, 0.15) is 25.5 Å². The highest BCUT2D eigenvalue weighted by Gasteiger charge is 2.04. The third kappa shape index (κ3) is 3.31. The van der Waals surface area contributed by atoms with Crippen molar-refractivity contribution in [3.63, 3.8) is 0 Å². The van der Waals surface area contributed by atoms with E-state index in [1.54, 1.807) is 0 Å². The molecule has 2 heteroatoms. The number of hydrogen-bond donors (Lipinski definition) is 1. The van der Waals surface area contributed by atoms with Crippen molar-refractivity contribution in [3.05, 3.63) is 48.0 Å². The van der Waals surface area contributed by atoms with E-state index < -0.39 is 0 Å². The molecule has 0 heterocycles. The number of hydrogen-bond acceptors (Lipinski definition) is 2. The summed E-state index contributed by atoms with van der Waals surface area (Å²) in [6.07, 6.45) is 0. The molecule has 0 radical (unpaired) electrons. The van der Waals surface area contributed by atoms with Crippen LogP contribution in [-0.2, 0) is 4.74 Å². The molecule has 0 bridgehead atoms. The Morgan fingerprint density at radius 3 is 2.67 bits per heavy atom. The highest BCUT2D eigenvalue weighted by Crippen LogP contribution is 2.19. The SMILES string of the molecule is CCOCCNC(C)c1ccc2ccccc2c1. The first-order valence-electron chi connectivity index (χ1n) is 6.61. The second kappa shape index (κ2) is 6.53. The Kier molecular flexibility index (Phi) is 4.73. The van der Waals surface area contributed by atoms with E-state index in [1.165, 1.54) is 16.3 Å². The van der Waals surface area contributed by atoms with Crippen molar-refractivity contribution in [2.45, 2.75) is 19.9 Å². The minimum atomic E-state index is 0.357. The average Bonchev–Trinajstić information content (AvgIpc) is 2.43. The van der Waals surface area contributed by atoms with Gasteiger partial charge in [-0.3, -0.25) is 0 Å². The van der Waals surface area contributed by atoms with E-state index in [9.17, 15) is 0 Å². The van der Waals surface area contributed by atoms with Gasteiger partial charge in [-0.25, -0.2) is 0 Å². The summed E-state index contributed by atoms with van der Waals surface area (Å²) in [7, 11) is 0. The van der Waals surface area contributed by atoms with Crippen molar-refractivity contribution in [3.8, 4) is 0 Å². The normalized spacial score (nSPS) is 12.8. The molecule has 0 aliphatic rings. The summed E-state index contributed by atoms with van der Waals surface area (Å²) < 4.78 is 5.33. The maximum absolute atomic E-state index is 5.33. The van der Waals surface area contributed by atoms with Crippen LogP contribution < -0.4 is 5.32 Å². The van der Waals surface area contributed by atoms with Gasteiger partial charge in [0, 0.05) is 19.2 Å². The van der Waals surface area contributed by atoms with Gasteiger partial charge in [0.05, 0.1) is 6.61 Å². The maximum Gasteiger partial charge on any atom is 0.0590 e. The molecule has 1 unspecified atom stereocenters. The molecule has 2 rings (SSSR count). The van der Waals surface area contributed by atoms with Gasteiger partial charge >= 0.3 is 0 Å². The fraction of sp³-hybridized carbons (Fsp3) is 0.375. The van der Waals surface area contributed by atoms with Crippen LogP contribution in [0.4, 0.5) is 0 Å². The zero-order valence-electron chi connectivity index (χ0n) is 11.1. The Bertz CT molecular complexity index is 495. The molecule has 0 aliphatic carbocycles. The summed E-state index contributed by atoms with van der Waals surface area (Å²) in [5.74, 6) is 0. The average molecular weight is 243 g/mol. The highest BCUT2D eigenvalue weighted by atomic mass is 16.5. The summed E-state index contributed by atoms with van der Waals surface area (Å²) in [5, 5.41) is 6.07. The lowest BCUT2D eigenvalue weighted by Gasteiger charge is -2.15. The van der Waals surface area contributed by atoms with Crippen LogP contribution in [0.25, 0.3) is 10.8 Å². The number of ether oxygens (including phenoxy) is 1. The zero-order valence-corrected chi connectivity index (χ0v) is 11.1. The Balaban J connectivity index is 2.01. The predicted molar refractivity (Wildman–Crippen MR) is 76.9 cm³/mol. The molecule has 96 valence electrons. The molecule has 18 heavy (non-hydrogen) atoms. The van der Waals surface area contributed by atoms with Gasteiger partial charge in [0.2, 0.25) is 0 Å². The Hall–Kier alpha value is -1.38. The lowest BCUT2D eigenvalue weighted by Crippen LogP contribution is -2.23. The minimum Gasteiger partial charge on any atom is -0.380 e. The summed E-state index contributed by atoms with van der Waals surface area (Å²) in [6, 6.07) is 15.5. The highest BCUT2D eigenvalue weighted by molar-refractivity contribution is 5.83. The first-order chi connectivity index (χ1) is 8.81. The van der Waals surface area contributed by atoms with Crippen molar-refractivity contribution >= 4 is 10.8 Å². The fourth-order valence-electron chi connectivity index (χ4n) is 2.09. The Morgan fingerprint density at radius 1 is 1.11 bits per heavy atom. The molecule has 0 aromatic heterocycles. The van der Waals surface area contributed by atoms with Crippen LogP contribution in [0.2, 0.25) is 0 Å². The third-order valence-electron chi connectivity index (χ3n) is 3.17. The molecule has 0 aliphatic heterocycles. The number of nitrogens with one attached hydrogen (secondary N) is 1. The minimum absolute atomic E-state index is 0.357. The van der Waals surface area contributed by atoms with Gasteiger partial charge in [0.1, 0.15) is 0 Å². The number of fused-ring (bicyclic) bond motifs is 1. The molecular weight excluding hydrogens is 222 g/mol. The van der Waals surface area contributed by atoms with E-state index in [4.69, 9.17) is 4.74 Å². The number of benzene rings is 2. The second-order valence-electron chi connectivity index (χ2n) is 4.48. The van der Waals surface area contributed by atoms with Gasteiger partial charge in [-0.05, 0) is 36.2 Å². The second-order valence-corrected chi connectivity index (χ2v) is 4.48. The van der Waals surface area contributed by atoms with E-state index in [0.29, 0.717) is 6.04 Å². The standard InChI is InChI=1S/C16H21NO/c1-3-18-11-10-17-13(2)15-9-8-14-6-4-5-7-16(14)12-15/h4-9,12-13,17H,3,10-11H2,1-2H3. The summed E-state index contributed by atoms with van der Waals surface area (Å²) in [6.45, 7) is 6.66. The van der Waals surface area contributed by atoms with Gasteiger partial charge in [-0.2, -0.15) is 0 Å². The van der Waals surface area contributed by atoms with E-state index >= 15 is 0 Å². The molecule has 0 saturated heterocycles. The van der Waals surface area contributed by atoms with Crippen molar-refractivity contribution in [2.24, 2.45) is 0 Å². The molecular formula is C16H21NO. The Morgan fingerprint density at radius 2 is 1.89 bits per heavy atom. The van der Waals surface area contributed by atoms with Crippen LogP contribution in [0.5, 0.6) is 0 Å². The summed E-state index contributed by atoms with van der Waals surface area (Å²) in [4.78, 5) is 0. The first-order valence-corrected chi connectivity index (χ1v) is 6.61. The van der Waals surface area contributed by atoms with Crippen LogP contribution in [-0.4, -0.2) is 19.8 Å².